The number of benzene rings is 2. The van der Waals surface area contributed by atoms with Gasteiger partial charge >= 0.3 is 0 Å². The average Bonchev–Trinajstić information content (AvgIpc) is 2.38. The molecular formula is C14H14BrNO. The molecule has 2 atom stereocenters. The molecule has 3 N–H and O–H groups in total. The van der Waals surface area contributed by atoms with Crippen LogP contribution in [0.15, 0.2) is 59.1 Å². The molecule has 0 aliphatic rings. The van der Waals surface area contributed by atoms with Crippen LogP contribution in [-0.4, -0.2) is 5.11 Å². The molecule has 0 aliphatic heterocycles. The molecule has 0 aliphatic carbocycles. The van der Waals surface area contributed by atoms with Gasteiger partial charge in [-0.25, -0.2) is 0 Å². The van der Waals surface area contributed by atoms with Crippen molar-refractivity contribution in [3.05, 3.63) is 70.2 Å². The van der Waals surface area contributed by atoms with Crippen LogP contribution in [0.4, 0.5) is 0 Å². The fourth-order valence-electron chi connectivity index (χ4n) is 1.76. The van der Waals surface area contributed by atoms with Gasteiger partial charge in [-0.2, -0.15) is 0 Å². The SMILES string of the molecule is NC(c1ccccc1)C(O)c1cccc(Br)c1. The van der Waals surface area contributed by atoms with Crippen LogP contribution in [0.25, 0.3) is 0 Å². The van der Waals surface area contributed by atoms with E-state index in [0.717, 1.165) is 15.6 Å². The van der Waals surface area contributed by atoms with Gasteiger partial charge in [-0.1, -0.05) is 58.4 Å². The maximum absolute atomic E-state index is 10.2. The van der Waals surface area contributed by atoms with Crippen LogP contribution < -0.4 is 5.73 Å². The summed E-state index contributed by atoms with van der Waals surface area (Å²) in [6, 6.07) is 16.8. The molecule has 2 aromatic carbocycles. The Hall–Kier alpha value is -1.16. The molecule has 0 saturated carbocycles. The maximum atomic E-state index is 10.2. The summed E-state index contributed by atoms with van der Waals surface area (Å²) in [6.07, 6.45) is -0.699. The molecule has 0 spiro atoms. The Kier molecular flexibility index (Phi) is 3.94. The summed E-state index contributed by atoms with van der Waals surface area (Å²) in [6.45, 7) is 0. The first kappa shape index (κ1) is 12.3. The van der Waals surface area contributed by atoms with Crippen molar-refractivity contribution in [2.24, 2.45) is 5.73 Å². The van der Waals surface area contributed by atoms with Gasteiger partial charge in [0.05, 0.1) is 12.1 Å². The smallest absolute Gasteiger partial charge is 0.0982 e. The van der Waals surface area contributed by atoms with Gasteiger partial charge in [0.1, 0.15) is 0 Å². The van der Waals surface area contributed by atoms with Gasteiger partial charge in [0.25, 0.3) is 0 Å². The first-order valence-electron chi connectivity index (χ1n) is 5.42. The van der Waals surface area contributed by atoms with Gasteiger partial charge in [-0.05, 0) is 23.3 Å². The minimum absolute atomic E-state index is 0.412. The molecule has 3 heteroatoms. The van der Waals surface area contributed by atoms with Crippen molar-refractivity contribution in [3.63, 3.8) is 0 Å². The number of aliphatic hydroxyl groups excluding tert-OH is 1. The van der Waals surface area contributed by atoms with Gasteiger partial charge in [0.2, 0.25) is 0 Å². The van der Waals surface area contributed by atoms with Crippen molar-refractivity contribution in [2.75, 3.05) is 0 Å². The molecule has 0 aromatic heterocycles. The second-order valence-electron chi connectivity index (χ2n) is 3.94. The fourth-order valence-corrected chi connectivity index (χ4v) is 2.17. The van der Waals surface area contributed by atoms with Crippen molar-refractivity contribution < 1.29 is 5.11 Å². The van der Waals surface area contributed by atoms with Gasteiger partial charge < -0.3 is 10.8 Å². The van der Waals surface area contributed by atoms with E-state index in [0.29, 0.717) is 0 Å². The fraction of sp³-hybridized carbons (Fsp3) is 0.143. The third-order valence-corrected chi connectivity index (χ3v) is 3.21. The highest BCUT2D eigenvalue weighted by atomic mass is 79.9. The summed E-state index contributed by atoms with van der Waals surface area (Å²) in [5, 5.41) is 10.2. The van der Waals surface area contributed by atoms with Crippen LogP contribution in [-0.2, 0) is 0 Å². The molecule has 0 fully saturated rings. The van der Waals surface area contributed by atoms with Crippen molar-refractivity contribution in [1.29, 1.82) is 0 Å². The van der Waals surface area contributed by atoms with Crippen LogP contribution in [0.1, 0.15) is 23.3 Å². The highest BCUT2D eigenvalue weighted by Crippen LogP contribution is 2.27. The lowest BCUT2D eigenvalue weighted by molar-refractivity contribution is 0.147. The van der Waals surface area contributed by atoms with Gasteiger partial charge in [-0.3, -0.25) is 0 Å². The largest absolute Gasteiger partial charge is 0.386 e. The standard InChI is InChI=1S/C14H14BrNO/c15-12-8-4-7-11(9-12)14(17)13(16)10-5-2-1-3-6-10/h1-9,13-14,17H,16H2. The Balaban J connectivity index is 2.23. The van der Waals surface area contributed by atoms with E-state index >= 15 is 0 Å². The number of halogens is 1. The Morgan fingerprint density at radius 1 is 0.941 bits per heavy atom. The van der Waals surface area contributed by atoms with Crippen LogP contribution in [0.5, 0.6) is 0 Å². The molecule has 17 heavy (non-hydrogen) atoms. The minimum Gasteiger partial charge on any atom is -0.386 e. The van der Waals surface area contributed by atoms with Crippen LogP contribution >= 0.6 is 15.9 Å². The predicted octanol–water partition coefficient (Wildman–Crippen LogP) is 3.18. The second kappa shape index (κ2) is 5.45. The first-order valence-corrected chi connectivity index (χ1v) is 6.22. The van der Waals surface area contributed by atoms with E-state index in [1.54, 1.807) is 0 Å². The van der Waals surface area contributed by atoms with E-state index in [4.69, 9.17) is 5.73 Å². The van der Waals surface area contributed by atoms with E-state index in [9.17, 15) is 5.11 Å². The third-order valence-electron chi connectivity index (χ3n) is 2.71. The van der Waals surface area contributed by atoms with Crippen molar-refractivity contribution >= 4 is 15.9 Å². The lowest BCUT2D eigenvalue weighted by Crippen LogP contribution is -2.19. The molecule has 2 rings (SSSR count). The van der Waals surface area contributed by atoms with Crippen molar-refractivity contribution in [3.8, 4) is 0 Å². The lowest BCUT2D eigenvalue weighted by atomic mass is 9.97. The number of aliphatic hydroxyl groups is 1. The van der Waals surface area contributed by atoms with Gasteiger partial charge in [-0.15, -0.1) is 0 Å². The normalized spacial score (nSPS) is 14.3. The van der Waals surface area contributed by atoms with Crippen LogP contribution in [0.2, 0.25) is 0 Å². The molecule has 0 saturated heterocycles. The Bertz CT molecular complexity index is 487. The summed E-state index contributed by atoms with van der Waals surface area (Å²) in [4.78, 5) is 0. The maximum Gasteiger partial charge on any atom is 0.0982 e. The Labute approximate surface area is 109 Å². The summed E-state index contributed by atoms with van der Waals surface area (Å²) in [7, 11) is 0. The number of hydrogen-bond acceptors (Lipinski definition) is 2. The molecule has 0 radical (unpaired) electrons. The summed E-state index contributed by atoms with van der Waals surface area (Å²) < 4.78 is 0.939. The zero-order valence-corrected chi connectivity index (χ0v) is 10.8. The van der Waals surface area contributed by atoms with Gasteiger partial charge in [0.15, 0.2) is 0 Å². The second-order valence-corrected chi connectivity index (χ2v) is 4.85. The molecule has 0 bridgehead atoms. The first-order chi connectivity index (χ1) is 8.18. The average molecular weight is 292 g/mol. The topological polar surface area (TPSA) is 46.2 Å². The van der Waals surface area contributed by atoms with E-state index < -0.39 is 12.1 Å². The summed E-state index contributed by atoms with van der Waals surface area (Å²) >= 11 is 3.38. The Morgan fingerprint density at radius 2 is 1.59 bits per heavy atom. The van der Waals surface area contributed by atoms with E-state index in [2.05, 4.69) is 15.9 Å². The minimum atomic E-state index is -0.699. The molecular weight excluding hydrogens is 278 g/mol. The number of nitrogens with two attached hydrogens (primary N) is 1. The summed E-state index contributed by atoms with van der Waals surface area (Å²) in [5.74, 6) is 0. The van der Waals surface area contributed by atoms with E-state index in [-0.39, 0.29) is 0 Å². The van der Waals surface area contributed by atoms with Gasteiger partial charge in [0, 0.05) is 4.47 Å². The molecule has 88 valence electrons. The molecule has 2 aromatic rings. The lowest BCUT2D eigenvalue weighted by Gasteiger charge is -2.19. The third kappa shape index (κ3) is 2.94. The highest BCUT2D eigenvalue weighted by Gasteiger charge is 2.18. The molecule has 0 amide bonds. The predicted molar refractivity (Wildman–Crippen MR) is 72.5 cm³/mol. The molecule has 0 heterocycles. The number of hydrogen-bond donors (Lipinski definition) is 2. The van der Waals surface area contributed by atoms with Crippen LogP contribution in [0, 0.1) is 0 Å². The highest BCUT2D eigenvalue weighted by molar-refractivity contribution is 9.10. The van der Waals surface area contributed by atoms with Crippen LogP contribution in [0.3, 0.4) is 0 Å². The quantitative estimate of drug-likeness (QED) is 0.912. The number of rotatable bonds is 3. The Morgan fingerprint density at radius 3 is 2.24 bits per heavy atom. The summed E-state index contributed by atoms with van der Waals surface area (Å²) in [5.41, 5.74) is 7.80. The molecule has 2 nitrogen and oxygen atoms in total. The zero-order chi connectivity index (χ0) is 12.3. The monoisotopic (exact) mass is 291 g/mol. The van der Waals surface area contributed by atoms with Crippen molar-refractivity contribution in [1.82, 2.24) is 0 Å². The zero-order valence-electron chi connectivity index (χ0n) is 9.25. The van der Waals surface area contributed by atoms with E-state index in [1.807, 2.05) is 54.6 Å². The molecule has 2 unspecified atom stereocenters. The van der Waals surface area contributed by atoms with E-state index in [1.165, 1.54) is 0 Å². The van der Waals surface area contributed by atoms with Crippen molar-refractivity contribution in [2.45, 2.75) is 12.1 Å².